The van der Waals surface area contributed by atoms with Crippen LogP contribution >= 0.6 is 0 Å². The molecule has 0 aliphatic carbocycles. The largest absolute Gasteiger partial charge is 0.497 e. The van der Waals surface area contributed by atoms with Crippen molar-refractivity contribution in [1.82, 2.24) is 0 Å². The van der Waals surface area contributed by atoms with Gasteiger partial charge in [-0.25, -0.2) is 0 Å². The van der Waals surface area contributed by atoms with Gasteiger partial charge < -0.3 is 19.7 Å². The summed E-state index contributed by atoms with van der Waals surface area (Å²) >= 11 is 0. The summed E-state index contributed by atoms with van der Waals surface area (Å²) in [5.41, 5.74) is 6.55. The Labute approximate surface area is 241 Å². The molecule has 5 aromatic carbocycles. The molecular weight excluding hydrogens is 508 g/mol. The van der Waals surface area contributed by atoms with Gasteiger partial charge in [-0.3, -0.25) is 0 Å². The number of aliphatic hydroxyl groups excluding tert-OH is 2. The molecule has 0 saturated carbocycles. The van der Waals surface area contributed by atoms with Crippen LogP contribution in [0.2, 0.25) is 0 Å². The van der Waals surface area contributed by atoms with E-state index in [1.807, 2.05) is 115 Å². The molecule has 1 unspecified atom stereocenters. The van der Waals surface area contributed by atoms with E-state index in [-0.39, 0.29) is 13.2 Å². The molecule has 1 atom stereocenters. The van der Waals surface area contributed by atoms with Gasteiger partial charge in [0.1, 0.15) is 11.4 Å². The van der Waals surface area contributed by atoms with Crippen LogP contribution in [0.1, 0.15) is 44.5 Å². The van der Waals surface area contributed by atoms with Gasteiger partial charge in [-0.05, 0) is 69.8 Å². The fraction of sp³-hybridized carbons (Fsp3) is 0.135. The van der Waals surface area contributed by atoms with Crippen LogP contribution in [0, 0.1) is 11.8 Å². The Balaban J connectivity index is 1.48. The maximum absolute atomic E-state index is 9.66. The minimum atomic E-state index is -0.902. The van der Waals surface area contributed by atoms with E-state index in [4.69, 9.17) is 9.47 Å². The zero-order chi connectivity index (χ0) is 28.5. The van der Waals surface area contributed by atoms with Crippen molar-refractivity contribution < 1.29 is 19.7 Å². The summed E-state index contributed by atoms with van der Waals surface area (Å²) in [7, 11) is 1.66. The van der Waals surface area contributed by atoms with E-state index >= 15 is 0 Å². The van der Waals surface area contributed by atoms with Gasteiger partial charge in [-0.15, -0.1) is 0 Å². The van der Waals surface area contributed by atoms with Crippen LogP contribution in [-0.4, -0.2) is 17.3 Å². The van der Waals surface area contributed by atoms with Crippen molar-refractivity contribution in [1.29, 1.82) is 0 Å². The number of hydrogen-bond donors (Lipinski definition) is 2. The zero-order valence-corrected chi connectivity index (χ0v) is 23.0. The van der Waals surface area contributed by atoms with Crippen LogP contribution in [0.25, 0.3) is 0 Å². The quantitative estimate of drug-likeness (QED) is 0.164. The Hall–Kier alpha value is -4.66. The lowest BCUT2D eigenvalue weighted by molar-refractivity contribution is 0.000194. The Morgan fingerprint density at radius 1 is 0.537 bits per heavy atom. The highest BCUT2D eigenvalue weighted by molar-refractivity contribution is 5.49. The lowest BCUT2D eigenvalue weighted by Crippen LogP contribution is -2.32. The van der Waals surface area contributed by atoms with Crippen molar-refractivity contribution in [2.45, 2.75) is 25.4 Å². The second-order valence-corrected chi connectivity index (χ2v) is 9.72. The van der Waals surface area contributed by atoms with E-state index < -0.39 is 5.60 Å². The minimum Gasteiger partial charge on any atom is -0.497 e. The summed E-state index contributed by atoms with van der Waals surface area (Å²) in [5, 5.41) is 18.9. The number of methoxy groups -OCH3 is 1. The molecule has 0 spiro atoms. The molecule has 5 aromatic rings. The van der Waals surface area contributed by atoms with Gasteiger partial charge in [0.2, 0.25) is 0 Å². The molecule has 0 fully saturated rings. The van der Waals surface area contributed by atoms with E-state index in [1.165, 1.54) is 0 Å². The standard InChI is InChI=1S/C37H32O4/c1-40-36-23-21-35(22-24-36)37(33-5-3-2-4-6-33,34-19-17-31(26-39)18-20-34)41-27-32-15-11-29(12-16-32)8-7-28-9-13-30(25-38)14-10-28/h2-6,9-24,38-39H,25-27H2,1H3. The molecule has 0 aliphatic rings. The number of benzene rings is 5. The van der Waals surface area contributed by atoms with Gasteiger partial charge in [0, 0.05) is 11.1 Å². The molecule has 4 heteroatoms. The Morgan fingerprint density at radius 3 is 1.46 bits per heavy atom. The van der Waals surface area contributed by atoms with Crippen LogP contribution in [0.15, 0.2) is 127 Å². The van der Waals surface area contributed by atoms with E-state index in [2.05, 4.69) is 24.0 Å². The maximum atomic E-state index is 9.66. The second-order valence-electron chi connectivity index (χ2n) is 9.72. The first kappa shape index (κ1) is 27.9. The van der Waals surface area contributed by atoms with Crippen molar-refractivity contribution in [3.05, 3.63) is 172 Å². The summed E-state index contributed by atoms with van der Waals surface area (Å²) < 4.78 is 12.4. The molecule has 0 saturated heterocycles. The molecule has 0 amide bonds. The van der Waals surface area contributed by atoms with Gasteiger partial charge >= 0.3 is 0 Å². The van der Waals surface area contributed by atoms with E-state index in [9.17, 15) is 10.2 Å². The highest BCUT2D eigenvalue weighted by atomic mass is 16.5. The molecule has 4 nitrogen and oxygen atoms in total. The van der Waals surface area contributed by atoms with Crippen LogP contribution in [0.5, 0.6) is 5.75 Å². The van der Waals surface area contributed by atoms with Crippen LogP contribution in [0.3, 0.4) is 0 Å². The maximum Gasteiger partial charge on any atom is 0.144 e. The van der Waals surface area contributed by atoms with Crippen molar-refractivity contribution in [3.63, 3.8) is 0 Å². The zero-order valence-electron chi connectivity index (χ0n) is 23.0. The summed E-state index contributed by atoms with van der Waals surface area (Å²) in [6.45, 7) is 0.361. The highest BCUT2D eigenvalue weighted by Crippen LogP contribution is 2.42. The van der Waals surface area contributed by atoms with E-state index in [0.29, 0.717) is 6.61 Å². The Morgan fingerprint density at radius 2 is 0.976 bits per heavy atom. The summed E-state index contributed by atoms with van der Waals surface area (Å²) in [6, 6.07) is 41.7. The Kier molecular flexibility index (Phi) is 8.93. The monoisotopic (exact) mass is 540 g/mol. The second kappa shape index (κ2) is 13.1. The molecule has 0 aliphatic heterocycles. The third kappa shape index (κ3) is 6.40. The third-order valence-corrected chi connectivity index (χ3v) is 7.12. The SMILES string of the molecule is COc1ccc(C(OCc2ccc(C#Cc3ccc(CO)cc3)cc2)(c2ccccc2)c2ccc(CO)cc2)cc1. The highest BCUT2D eigenvalue weighted by Gasteiger charge is 2.37. The average molecular weight is 541 g/mol. The van der Waals surface area contributed by atoms with E-state index in [1.54, 1.807) is 7.11 Å². The lowest BCUT2D eigenvalue weighted by Gasteiger charge is -2.36. The van der Waals surface area contributed by atoms with Crippen molar-refractivity contribution >= 4 is 0 Å². The molecule has 0 radical (unpaired) electrons. The van der Waals surface area contributed by atoms with Crippen LogP contribution in [0.4, 0.5) is 0 Å². The number of aliphatic hydroxyl groups is 2. The van der Waals surface area contributed by atoms with Gasteiger partial charge in [0.15, 0.2) is 0 Å². The van der Waals surface area contributed by atoms with Crippen LogP contribution < -0.4 is 4.74 Å². The molecular formula is C37H32O4. The van der Waals surface area contributed by atoms with Gasteiger partial charge in [-0.2, -0.15) is 0 Å². The van der Waals surface area contributed by atoms with Gasteiger partial charge in [0.05, 0.1) is 26.9 Å². The minimum absolute atomic E-state index is 0.0226. The van der Waals surface area contributed by atoms with Gasteiger partial charge in [-0.1, -0.05) is 103 Å². The number of hydrogen-bond acceptors (Lipinski definition) is 4. The fourth-order valence-corrected chi connectivity index (χ4v) is 4.81. The molecule has 5 rings (SSSR count). The number of ether oxygens (including phenoxy) is 2. The first-order valence-corrected chi connectivity index (χ1v) is 13.5. The summed E-state index contributed by atoms with van der Waals surface area (Å²) in [5.74, 6) is 7.16. The topological polar surface area (TPSA) is 58.9 Å². The average Bonchev–Trinajstić information content (AvgIpc) is 3.06. The molecule has 204 valence electrons. The van der Waals surface area contributed by atoms with Gasteiger partial charge in [0.25, 0.3) is 0 Å². The predicted molar refractivity (Wildman–Crippen MR) is 161 cm³/mol. The van der Waals surface area contributed by atoms with E-state index in [0.717, 1.165) is 50.3 Å². The molecule has 0 bridgehead atoms. The first-order valence-electron chi connectivity index (χ1n) is 13.5. The normalized spacial score (nSPS) is 12.2. The molecule has 2 N–H and O–H groups in total. The lowest BCUT2D eigenvalue weighted by atomic mass is 9.79. The molecule has 0 aromatic heterocycles. The van der Waals surface area contributed by atoms with Crippen molar-refractivity contribution in [2.24, 2.45) is 0 Å². The number of rotatable bonds is 9. The first-order chi connectivity index (χ1) is 20.1. The van der Waals surface area contributed by atoms with Crippen LogP contribution in [-0.2, 0) is 30.2 Å². The Bertz CT molecular complexity index is 1550. The fourth-order valence-electron chi connectivity index (χ4n) is 4.81. The molecule has 0 heterocycles. The smallest absolute Gasteiger partial charge is 0.144 e. The predicted octanol–water partition coefficient (Wildman–Crippen LogP) is 6.59. The third-order valence-electron chi connectivity index (χ3n) is 7.12. The van der Waals surface area contributed by atoms with Crippen molar-refractivity contribution in [2.75, 3.05) is 7.11 Å². The summed E-state index contributed by atoms with van der Waals surface area (Å²) in [4.78, 5) is 0. The van der Waals surface area contributed by atoms with Crippen molar-refractivity contribution in [3.8, 4) is 17.6 Å². The molecule has 41 heavy (non-hydrogen) atoms. The summed E-state index contributed by atoms with van der Waals surface area (Å²) in [6.07, 6.45) is 0.